The molecular weight excluding hydrogens is 332 g/mol. The molecular formula is C20H24N2O2S. The van der Waals surface area contributed by atoms with Crippen LogP contribution in [0, 0.1) is 0 Å². The van der Waals surface area contributed by atoms with Crippen LogP contribution in [0.5, 0.6) is 0 Å². The minimum absolute atomic E-state index is 0.0875. The van der Waals surface area contributed by atoms with E-state index in [0.29, 0.717) is 0 Å². The van der Waals surface area contributed by atoms with Crippen LogP contribution in [-0.4, -0.2) is 27.8 Å². The second kappa shape index (κ2) is 6.15. The van der Waals surface area contributed by atoms with Gasteiger partial charge in [-0.25, -0.2) is 13.1 Å². The van der Waals surface area contributed by atoms with Crippen molar-refractivity contribution in [3.63, 3.8) is 0 Å². The van der Waals surface area contributed by atoms with Gasteiger partial charge in [-0.1, -0.05) is 42.5 Å². The summed E-state index contributed by atoms with van der Waals surface area (Å²) >= 11 is 0. The second-order valence-electron chi connectivity index (χ2n) is 7.34. The average Bonchev–Trinajstić information content (AvgIpc) is 2.89. The summed E-state index contributed by atoms with van der Waals surface area (Å²) in [6.07, 6.45) is 4.22. The lowest BCUT2D eigenvalue weighted by molar-refractivity contribution is 0.311. The van der Waals surface area contributed by atoms with Gasteiger partial charge in [-0.2, -0.15) is 0 Å². The number of sulfonamides is 1. The van der Waals surface area contributed by atoms with Crippen molar-refractivity contribution in [1.82, 2.24) is 4.72 Å². The lowest BCUT2D eigenvalue weighted by Crippen LogP contribution is -2.42. The Morgan fingerprint density at radius 1 is 1.00 bits per heavy atom. The molecule has 1 atom stereocenters. The lowest BCUT2D eigenvalue weighted by Gasteiger charge is -2.41. The van der Waals surface area contributed by atoms with E-state index in [4.69, 9.17) is 0 Å². The highest BCUT2D eigenvalue weighted by atomic mass is 32.2. The summed E-state index contributed by atoms with van der Waals surface area (Å²) in [5.41, 5.74) is 3.85. The van der Waals surface area contributed by atoms with Crippen LogP contribution < -0.4 is 9.62 Å². The van der Waals surface area contributed by atoms with Crippen LogP contribution in [0.1, 0.15) is 36.4 Å². The summed E-state index contributed by atoms with van der Waals surface area (Å²) in [4.78, 5) is 2.44. The first-order valence-electron chi connectivity index (χ1n) is 8.84. The van der Waals surface area contributed by atoms with E-state index in [1.165, 1.54) is 17.5 Å². The van der Waals surface area contributed by atoms with Gasteiger partial charge in [-0.15, -0.1) is 0 Å². The Morgan fingerprint density at radius 2 is 1.64 bits per heavy atom. The van der Waals surface area contributed by atoms with Crippen molar-refractivity contribution in [2.45, 2.75) is 30.7 Å². The zero-order valence-electron chi connectivity index (χ0n) is 14.5. The zero-order valence-corrected chi connectivity index (χ0v) is 15.3. The van der Waals surface area contributed by atoms with Gasteiger partial charge in [0, 0.05) is 30.2 Å². The first kappa shape index (κ1) is 16.6. The number of hydrogen-bond donors (Lipinski definition) is 1. The van der Waals surface area contributed by atoms with Gasteiger partial charge in [-0.05, 0) is 42.5 Å². The molecule has 0 saturated carbocycles. The molecule has 1 N–H and O–H groups in total. The van der Waals surface area contributed by atoms with E-state index < -0.39 is 10.0 Å². The number of fused-ring (bicyclic) bond motifs is 2. The number of rotatable bonds is 3. The molecule has 2 aromatic carbocycles. The molecule has 1 fully saturated rings. The highest BCUT2D eigenvalue weighted by Crippen LogP contribution is 2.51. The highest BCUT2D eigenvalue weighted by Gasteiger charge is 2.45. The SMILES string of the molecule is CS(=O)(=O)NC1CC2(CCN(c3ccccc3)CC2)c2ccccc21. The molecule has 1 heterocycles. The largest absolute Gasteiger partial charge is 0.371 e. The molecule has 2 aliphatic rings. The number of anilines is 1. The number of nitrogens with one attached hydrogen (secondary N) is 1. The summed E-state index contributed by atoms with van der Waals surface area (Å²) < 4.78 is 26.4. The summed E-state index contributed by atoms with van der Waals surface area (Å²) in [6, 6.07) is 18.8. The van der Waals surface area contributed by atoms with Gasteiger partial charge in [0.15, 0.2) is 0 Å². The third kappa shape index (κ3) is 3.18. The van der Waals surface area contributed by atoms with Crippen LogP contribution in [0.25, 0.3) is 0 Å². The molecule has 25 heavy (non-hydrogen) atoms. The molecule has 0 amide bonds. The number of para-hydroxylation sites is 1. The molecule has 0 aromatic heterocycles. The quantitative estimate of drug-likeness (QED) is 0.919. The minimum Gasteiger partial charge on any atom is -0.371 e. The molecule has 132 valence electrons. The fraction of sp³-hybridized carbons (Fsp3) is 0.400. The smallest absolute Gasteiger partial charge is 0.209 e. The second-order valence-corrected chi connectivity index (χ2v) is 9.12. The first-order chi connectivity index (χ1) is 12.0. The van der Waals surface area contributed by atoms with Gasteiger partial charge in [0.25, 0.3) is 0 Å². The molecule has 1 aliphatic carbocycles. The fourth-order valence-corrected chi connectivity index (χ4v) is 5.29. The van der Waals surface area contributed by atoms with Crippen molar-refractivity contribution in [2.24, 2.45) is 0 Å². The number of benzene rings is 2. The molecule has 2 aromatic rings. The summed E-state index contributed by atoms with van der Waals surface area (Å²) in [5.74, 6) is 0. The van der Waals surface area contributed by atoms with E-state index in [0.717, 1.165) is 37.9 Å². The van der Waals surface area contributed by atoms with Crippen LogP contribution in [0.15, 0.2) is 54.6 Å². The number of hydrogen-bond acceptors (Lipinski definition) is 3. The van der Waals surface area contributed by atoms with E-state index >= 15 is 0 Å². The van der Waals surface area contributed by atoms with Crippen molar-refractivity contribution < 1.29 is 8.42 Å². The van der Waals surface area contributed by atoms with Crippen LogP contribution >= 0.6 is 0 Å². The lowest BCUT2D eigenvalue weighted by atomic mass is 9.73. The molecule has 0 bridgehead atoms. The van der Waals surface area contributed by atoms with Crippen molar-refractivity contribution in [3.05, 3.63) is 65.7 Å². The van der Waals surface area contributed by atoms with Crippen molar-refractivity contribution in [3.8, 4) is 0 Å². The number of nitrogens with zero attached hydrogens (tertiary/aromatic N) is 1. The Labute approximate surface area is 149 Å². The van der Waals surface area contributed by atoms with Gasteiger partial charge < -0.3 is 4.90 Å². The van der Waals surface area contributed by atoms with E-state index in [9.17, 15) is 8.42 Å². The highest BCUT2D eigenvalue weighted by molar-refractivity contribution is 7.88. The fourth-order valence-electron chi connectivity index (χ4n) is 4.56. The standard InChI is InChI=1S/C20H24N2O2S/c1-25(23,24)21-19-15-20(18-10-6-5-9-17(18)19)11-13-22(14-12-20)16-7-3-2-4-8-16/h2-10,19,21H,11-15H2,1H3. The maximum Gasteiger partial charge on any atom is 0.209 e. The van der Waals surface area contributed by atoms with Gasteiger partial charge in [0.1, 0.15) is 0 Å². The minimum atomic E-state index is -3.22. The Bertz CT molecular complexity index is 856. The van der Waals surface area contributed by atoms with Gasteiger partial charge >= 0.3 is 0 Å². The van der Waals surface area contributed by atoms with Crippen molar-refractivity contribution >= 4 is 15.7 Å². The average molecular weight is 356 g/mol. The van der Waals surface area contributed by atoms with Crippen molar-refractivity contribution in [2.75, 3.05) is 24.2 Å². The zero-order chi connectivity index (χ0) is 17.5. The Balaban J connectivity index is 1.59. The number of piperidine rings is 1. The molecule has 5 heteroatoms. The summed E-state index contributed by atoms with van der Waals surface area (Å²) in [6.45, 7) is 2.01. The molecule has 4 rings (SSSR count). The predicted octanol–water partition coefficient (Wildman–Crippen LogP) is 3.22. The van der Waals surface area contributed by atoms with Crippen LogP contribution in [0.2, 0.25) is 0 Å². The Morgan fingerprint density at radius 3 is 2.32 bits per heavy atom. The predicted molar refractivity (Wildman–Crippen MR) is 101 cm³/mol. The maximum absolute atomic E-state index is 11.8. The maximum atomic E-state index is 11.8. The van der Waals surface area contributed by atoms with E-state index in [-0.39, 0.29) is 11.5 Å². The normalized spacial score (nSPS) is 22.1. The molecule has 1 aliphatic heterocycles. The molecule has 1 saturated heterocycles. The molecule has 1 spiro atoms. The van der Waals surface area contributed by atoms with Crippen LogP contribution in [-0.2, 0) is 15.4 Å². The molecule has 4 nitrogen and oxygen atoms in total. The van der Waals surface area contributed by atoms with Crippen LogP contribution in [0.4, 0.5) is 5.69 Å². The Hall–Kier alpha value is -1.85. The van der Waals surface area contributed by atoms with E-state index in [2.05, 4.69) is 52.1 Å². The topological polar surface area (TPSA) is 49.4 Å². The molecule has 0 radical (unpaired) electrons. The van der Waals surface area contributed by atoms with Gasteiger partial charge in [0.2, 0.25) is 10.0 Å². The monoisotopic (exact) mass is 356 g/mol. The third-order valence-electron chi connectivity index (χ3n) is 5.70. The van der Waals surface area contributed by atoms with Crippen LogP contribution in [0.3, 0.4) is 0 Å². The van der Waals surface area contributed by atoms with Crippen molar-refractivity contribution in [1.29, 1.82) is 0 Å². The third-order valence-corrected chi connectivity index (χ3v) is 6.41. The summed E-state index contributed by atoms with van der Waals surface area (Å²) in [5, 5.41) is 0. The van der Waals surface area contributed by atoms with Gasteiger partial charge in [-0.3, -0.25) is 0 Å². The first-order valence-corrected chi connectivity index (χ1v) is 10.7. The Kier molecular flexibility index (Phi) is 4.08. The van der Waals surface area contributed by atoms with E-state index in [1.807, 2.05) is 12.1 Å². The van der Waals surface area contributed by atoms with Gasteiger partial charge in [0.05, 0.1) is 6.26 Å². The molecule has 1 unspecified atom stereocenters. The summed E-state index contributed by atoms with van der Waals surface area (Å²) in [7, 11) is -3.22. The van der Waals surface area contributed by atoms with E-state index in [1.54, 1.807) is 0 Å².